The zero-order chi connectivity index (χ0) is 17.3. The van der Waals surface area contributed by atoms with Crippen LogP contribution in [-0.2, 0) is 27.8 Å². The summed E-state index contributed by atoms with van der Waals surface area (Å²) in [6.07, 6.45) is 1.41. The highest BCUT2D eigenvalue weighted by molar-refractivity contribution is 7.88. The van der Waals surface area contributed by atoms with Gasteiger partial charge in [-0.25, -0.2) is 8.42 Å². The van der Waals surface area contributed by atoms with Crippen LogP contribution in [0.1, 0.15) is 16.7 Å². The minimum absolute atomic E-state index is 0.169. The Balaban J connectivity index is 1.92. The number of anilines is 1. The predicted molar refractivity (Wildman–Crippen MR) is 92.0 cm³/mol. The van der Waals surface area contributed by atoms with Crippen molar-refractivity contribution in [3.63, 3.8) is 0 Å². The maximum Gasteiger partial charge on any atom is 0.243 e. The van der Waals surface area contributed by atoms with Gasteiger partial charge in [0.1, 0.15) is 17.1 Å². The summed E-state index contributed by atoms with van der Waals surface area (Å²) in [7, 11) is -3.55. The molecule has 8 heteroatoms. The van der Waals surface area contributed by atoms with Gasteiger partial charge in [-0.3, -0.25) is 4.79 Å². The van der Waals surface area contributed by atoms with E-state index < -0.39 is 22.0 Å². The number of fused-ring (bicyclic) bond motifs is 1. The fourth-order valence-corrected chi connectivity index (χ4v) is 4.51. The van der Waals surface area contributed by atoms with Gasteiger partial charge in [0.05, 0.1) is 11.8 Å². The summed E-state index contributed by atoms with van der Waals surface area (Å²) < 4.78 is 25.5. The van der Waals surface area contributed by atoms with Gasteiger partial charge in [-0.2, -0.15) is 9.57 Å². The first kappa shape index (κ1) is 16.6. The zero-order valence-corrected chi connectivity index (χ0v) is 14.5. The van der Waals surface area contributed by atoms with Crippen LogP contribution < -0.4 is 5.32 Å². The van der Waals surface area contributed by atoms with Crippen molar-refractivity contribution >= 4 is 32.3 Å². The molecule has 0 fully saturated rings. The van der Waals surface area contributed by atoms with Crippen LogP contribution in [-0.4, -0.2) is 30.9 Å². The molecular formula is C16H15N3O3S2. The average Bonchev–Trinajstić information content (AvgIpc) is 2.99. The van der Waals surface area contributed by atoms with Crippen LogP contribution in [0.4, 0.5) is 5.00 Å². The monoisotopic (exact) mass is 361 g/mol. The van der Waals surface area contributed by atoms with Crippen LogP contribution in [0.5, 0.6) is 0 Å². The lowest BCUT2D eigenvalue weighted by atomic mass is 9.95. The molecule has 1 aliphatic rings. The number of nitrogens with zero attached hydrogens (tertiary/aromatic N) is 2. The van der Waals surface area contributed by atoms with Crippen molar-refractivity contribution in [1.29, 1.82) is 5.26 Å². The molecule has 1 atom stereocenters. The molecule has 3 rings (SSSR count). The standard InChI is InChI=1S/C16H15N3O3S2/c1-24(21,22)19-10-13-5-3-2-4-11(13)8-14(19)15(20)18-16-12(9-17)6-7-23-16/h2-7,14H,8,10H2,1H3,(H,18,20)/t14-/m1/s1. The third kappa shape index (κ3) is 3.19. The van der Waals surface area contributed by atoms with Crippen molar-refractivity contribution < 1.29 is 13.2 Å². The fourth-order valence-electron chi connectivity index (χ4n) is 2.76. The molecule has 2 aromatic rings. The number of hydrogen-bond donors (Lipinski definition) is 1. The molecule has 0 radical (unpaired) electrons. The first-order valence-corrected chi connectivity index (χ1v) is 9.95. The highest BCUT2D eigenvalue weighted by Gasteiger charge is 2.37. The van der Waals surface area contributed by atoms with Crippen LogP contribution in [0.2, 0.25) is 0 Å². The van der Waals surface area contributed by atoms with E-state index >= 15 is 0 Å². The van der Waals surface area contributed by atoms with E-state index in [0.717, 1.165) is 17.4 Å². The topological polar surface area (TPSA) is 90.3 Å². The van der Waals surface area contributed by atoms with Crippen LogP contribution in [0.25, 0.3) is 0 Å². The number of nitrogens with one attached hydrogen (secondary N) is 1. The van der Waals surface area contributed by atoms with Crippen molar-refractivity contribution in [3.8, 4) is 6.07 Å². The molecule has 124 valence electrons. The molecule has 0 spiro atoms. The molecule has 0 saturated carbocycles. The number of carbonyl (C=O) groups excluding carboxylic acids is 1. The highest BCUT2D eigenvalue weighted by atomic mass is 32.2. The number of amides is 1. The van der Waals surface area contributed by atoms with E-state index in [1.165, 1.54) is 15.6 Å². The first-order valence-electron chi connectivity index (χ1n) is 7.22. The van der Waals surface area contributed by atoms with Crippen molar-refractivity contribution in [2.45, 2.75) is 19.0 Å². The molecule has 1 aliphatic heterocycles. The van der Waals surface area contributed by atoms with E-state index in [1.807, 2.05) is 30.3 Å². The van der Waals surface area contributed by atoms with Gasteiger partial charge in [0.2, 0.25) is 15.9 Å². The number of benzene rings is 1. The third-order valence-corrected chi connectivity index (χ3v) is 6.02. The molecule has 6 nitrogen and oxygen atoms in total. The lowest BCUT2D eigenvalue weighted by Crippen LogP contribution is -2.50. The Bertz CT molecular complexity index is 928. The van der Waals surface area contributed by atoms with Gasteiger partial charge in [0.15, 0.2) is 0 Å². The molecule has 1 aromatic carbocycles. The average molecular weight is 361 g/mol. The summed E-state index contributed by atoms with van der Waals surface area (Å²) in [5, 5.41) is 13.9. The van der Waals surface area contributed by atoms with Gasteiger partial charge in [0, 0.05) is 6.54 Å². The Morgan fingerprint density at radius 1 is 1.33 bits per heavy atom. The van der Waals surface area contributed by atoms with Gasteiger partial charge in [-0.1, -0.05) is 24.3 Å². The highest BCUT2D eigenvalue weighted by Crippen LogP contribution is 2.28. The molecule has 0 saturated heterocycles. The Morgan fingerprint density at radius 3 is 2.71 bits per heavy atom. The number of rotatable bonds is 3. The summed E-state index contributed by atoms with van der Waals surface area (Å²) >= 11 is 1.24. The summed E-state index contributed by atoms with van der Waals surface area (Å²) in [6, 6.07) is 10.3. The van der Waals surface area contributed by atoms with Crippen molar-refractivity contribution in [3.05, 3.63) is 52.4 Å². The van der Waals surface area contributed by atoms with Gasteiger partial charge in [-0.05, 0) is 29.0 Å². The van der Waals surface area contributed by atoms with E-state index in [1.54, 1.807) is 11.4 Å². The molecule has 2 heterocycles. The van der Waals surface area contributed by atoms with Gasteiger partial charge in [-0.15, -0.1) is 11.3 Å². The summed E-state index contributed by atoms with van der Waals surface area (Å²) in [6.45, 7) is 0.169. The number of hydrogen-bond acceptors (Lipinski definition) is 5. The smallest absolute Gasteiger partial charge is 0.243 e. The van der Waals surface area contributed by atoms with E-state index in [2.05, 4.69) is 5.32 Å². The zero-order valence-electron chi connectivity index (χ0n) is 12.9. The molecule has 0 bridgehead atoms. The van der Waals surface area contributed by atoms with Gasteiger partial charge < -0.3 is 5.32 Å². The summed E-state index contributed by atoms with van der Waals surface area (Å²) in [5.74, 6) is -0.422. The van der Waals surface area contributed by atoms with E-state index in [0.29, 0.717) is 17.0 Å². The van der Waals surface area contributed by atoms with E-state index in [-0.39, 0.29) is 6.54 Å². The number of carbonyl (C=O) groups is 1. The number of thiophene rings is 1. The molecule has 0 unspecified atom stereocenters. The SMILES string of the molecule is CS(=O)(=O)N1Cc2ccccc2C[C@@H]1C(=O)Nc1sccc1C#N. The van der Waals surface area contributed by atoms with Crippen LogP contribution in [0.3, 0.4) is 0 Å². The van der Waals surface area contributed by atoms with Crippen molar-refractivity contribution in [2.24, 2.45) is 0 Å². The Kier molecular flexibility index (Phi) is 4.41. The van der Waals surface area contributed by atoms with Gasteiger partial charge in [0.25, 0.3) is 0 Å². The number of nitriles is 1. The predicted octanol–water partition coefficient (Wildman–Crippen LogP) is 1.94. The Labute approximate surface area is 144 Å². The maximum atomic E-state index is 12.7. The second-order valence-corrected chi connectivity index (χ2v) is 8.41. The molecule has 1 amide bonds. The molecular weight excluding hydrogens is 346 g/mol. The lowest BCUT2D eigenvalue weighted by molar-refractivity contribution is -0.120. The minimum Gasteiger partial charge on any atom is -0.315 e. The van der Waals surface area contributed by atoms with E-state index in [9.17, 15) is 13.2 Å². The second-order valence-electron chi connectivity index (χ2n) is 5.56. The van der Waals surface area contributed by atoms with Crippen LogP contribution in [0, 0.1) is 11.3 Å². The largest absolute Gasteiger partial charge is 0.315 e. The quantitative estimate of drug-likeness (QED) is 0.905. The molecule has 0 aliphatic carbocycles. The Hall–Kier alpha value is -2.21. The second kappa shape index (κ2) is 6.36. The fraction of sp³-hybridized carbons (Fsp3) is 0.250. The normalized spacial score (nSPS) is 17.8. The maximum absolute atomic E-state index is 12.7. The Morgan fingerprint density at radius 2 is 2.04 bits per heavy atom. The van der Waals surface area contributed by atoms with E-state index in [4.69, 9.17) is 5.26 Å². The van der Waals surface area contributed by atoms with Crippen LogP contribution >= 0.6 is 11.3 Å². The molecule has 24 heavy (non-hydrogen) atoms. The van der Waals surface area contributed by atoms with Crippen LogP contribution in [0.15, 0.2) is 35.7 Å². The lowest BCUT2D eigenvalue weighted by Gasteiger charge is -2.33. The summed E-state index contributed by atoms with van der Waals surface area (Å²) in [4.78, 5) is 12.7. The summed E-state index contributed by atoms with van der Waals surface area (Å²) in [5.41, 5.74) is 2.24. The van der Waals surface area contributed by atoms with Crippen molar-refractivity contribution in [1.82, 2.24) is 4.31 Å². The molecule has 1 aromatic heterocycles. The minimum atomic E-state index is -3.55. The number of sulfonamides is 1. The molecule has 1 N–H and O–H groups in total. The van der Waals surface area contributed by atoms with Crippen molar-refractivity contribution in [2.75, 3.05) is 11.6 Å². The first-order chi connectivity index (χ1) is 11.4. The third-order valence-electron chi connectivity index (χ3n) is 3.96. The van der Waals surface area contributed by atoms with Gasteiger partial charge >= 0.3 is 0 Å².